The molecule has 0 aromatic carbocycles. The molecule has 20 heavy (non-hydrogen) atoms. The Morgan fingerprint density at radius 1 is 1.25 bits per heavy atom. The molecule has 3 heterocycles. The highest BCUT2D eigenvalue weighted by Crippen LogP contribution is 2.19. The van der Waals surface area contributed by atoms with Crippen molar-refractivity contribution in [1.82, 2.24) is 25.5 Å². The quantitative estimate of drug-likeness (QED) is 0.883. The van der Waals surface area contributed by atoms with Gasteiger partial charge in [-0.25, -0.2) is 4.98 Å². The van der Waals surface area contributed by atoms with E-state index < -0.39 is 0 Å². The number of nitrogens with zero attached hydrogens (tertiary/aromatic N) is 4. The van der Waals surface area contributed by atoms with Crippen LogP contribution in [0.5, 0.6) is 0 Å². The Kier molecular flexibility index (Phi) is 3.64. The van der Waals surface area contributed by atoms with Crippen LogP contribution in [0.2, 0.25) is 0 Å². The lowest BCUT2D eigenvalue weighted by molar-refractivity contribution is 0.439. The van der Waals surface area contributed by atoms with Gasteiger partial charge in [0.15, 0.2) is 5.82 Å². The predicted octanol–water partition coefficient (Wildman–Crippen LogP) is 1.36. The molecule has 106 valence electrons. The number of nitrogens with one attached hydrogen (secondary N) is 2. The van der Waals surface area contributed by atoms with E-state index in [-0.39, 0.29) is 0 Å². The molecule has 3 rings (SSSR count). The summed E-state index contributed by atoms with van der Waals surface area (Å²) in [6.45, 7) is 3.96. The average Bonchev–Trinajstić information content (AvgIpc) is 2.97. The van der Waals surface area contributed by atoms with Crippen molar-refractivity contribution in [2.24, 2.45) is 0 Å². The highest BCUT2D eigenvalue weighted by Gasteiger charge is 2.21. The first kappa shape index (κ1) is 13.1. The molecule has 2 N–H and O–H groups in total. The minimum absolute atomic E-state index is 0.614. The lowest BCUT2D eigenvalue weighted by Gasteiger charge is -2.30. The Labute approximate surface area is 118 Å². The summed E-state index contributed by atoms with van der Waals surface area (Å²) in [5.41, 5.74) is 1.82. The van der Waals surface area contributed by atoms with Gasteiger partial charge >= 0.3 is 0 Å². The van der Waals surface area contributed by atoms with Crippen molar-refractivity contribution >= 4 is 5.95 Å². The second-order valence-corrected chi connectivity index (χ2v) is 5.20. The standard InChI is InChI=1S/C14H20N6/c1-10-4-3-5-12(16-10)13-17-14(19-18-13)20-8-6-11(15-2)7-9-20/h3-5,11,15H,6-9H2,1-2H3,(H,17,18,19). The minimum Gasteiger partial charge on any atom is -0.339 e. The largest absolute Gasteiger partial charge is 0.339 e. The monoisotopic (exact) mass is 272 g/mol. The van der Waals surface area contributed by atoms with Gasteiger partial charge in [0.25, 0.3) is 0 Å². The zero-order valence-electron chi connectivity index (χ0n) is 11.9. The second-order valence-electron chi connectivity index (χ2n) is 5.20. The summed E-state index contributed by atoms with van der Waals surface area (Å²) in [5.74, 6) is 1.51. The molecular formula is C14H20N6. The van der Waals surface area contributed by atoms with Crippen LogP contribution in [0.4, 0.5) is 5.95 Å². The van der Waals surface area contributed by atoms with Gasteiger partial charge in [0.05, 0.1) is 0 Å². The highest BCUT2D eigenvalue weighted by atomic mass is 15.4. The Balaban J connectivity index is 1.74. The highest BCUT2D eigenvalue weighted by molar-refractivity contribution is 5.51. The normalized spacial score (nSPS) is 16.6. The fraction of sp³-hybridized carbons (Fsp3) is 0.500. The third kappa shape index (κ3) is 2.65. The number of rotatable bonds is 3. The van der Waals surface area contributed by atoms with Crippen molar-refractivity contribution in [1.29, 1.82) is 0 Å². The summed E-state index contributed by atoms with van der Waals surface area (Å²) in [6, 6.07) is 6.52. The van der Waals surface area contributed by atoms with Crippen molar-refractivity contribution in [2.75, 3.05) is 25.0 Å². The molecule has 2 aromatic heterocycles. The molecule has 0 aliphatic carbocycles. The molecule has 1 aliphatic heterocycles. The predicted molar refractivity (Wildman–Crippen MR) is 78.6 cm³/mol. The summed E-state index contributed by atoms with van der Waals surface area (Å²) in [5, 5.41) is 10.6. The first-order chi connectivity index (χ1) is 9.76. The number of H-pyrrole nitrogens is 1. The smallest absolute Gasteiger partial charge is 0.245 e. The molecule has 6 heteroatoms. The van der Waals surface area contributed by atoms with E-state index in [9.17, 15) is 0 Å². The third-order valence-electron chi connectivity index (χ3n) is 3.79. The summed E-state index contributed by atoms with van der Waals surface area (Å²) in [6.07, 6.45) is 2.26. The van der Waals surface area contributed by atoms with E-state index in [2.05, 4.69) is 30.4 Å². The number of anilines is 1. The van der Waals surface area contributed by atoms with Crippen molar-refractivity contribution in [3.8, 4) is 11.5 Å². The number of pyridine rings is 1. The number of hydrogen-bond acceptors (Lipinski definition) is 5. The van der Waals surface area contributed by atoms with Crippen molar-refractivity contribution in [3.05, 3.63) is 23.9 Å². The molecule has 1 aliphatic rings. The molecule has 6 nitrogen and oxygen atoms in total. The van der Waals surface area contributed by atoms with E-state index >= 15 is 0 Å². The second kappa shape index (κ2) is 5.58. The fourth-order valence-electron chi connectivity index (χ4n) is 2.55. The van der Waals surface area contributed by atoms with E-state index in [0.717, 1.165) is 49.1 Å². The first-order valence-electron chi connectivity index (χ1n) is 7.05. The number of aryl methyl sites for hydroxylation is 1. The van der Waals surface area contributed by atoms with Crippen LogP contribution in [0, 0.1) is 6.92 Å². The Bertz CT molecular complexity index is 571. The van der Waals surface area contributed by atoms with Gasteiger partial charge in [-0.1, -0.05) is 6.07 Å². The molecule has 0 radical (unpaired) electrons. The summed E-state index contributed by atoms with van der Waals surface area (Å²) in [7, 11) is 2.02. The molecule has 0 atom stereocenters. The van der Waals surface area contributed by atoms with Crippen LogP contribution in [0.1, 0.15) is 18.5 Å². The average molecular weight is 272 g/mol. The molecular weight excluding hydrogens is 252 g/mol. The number of hydrogen-bond donors (Lipinski definition) is 2. The van der Waals surface area contributed by atoms with Gasteiger partial charge in [0, 0.05) is 24.8 Å². The topological polar surface area (TPSA) is 69.7 Å². The van der Waals surface area contributed by atoms with Gasteiger partial charge in [0.2, 0.25) is 5.95 Å². The molecule has 0 unspecified atom stereocenters. The van der Waals surface area contributed by atoms with E-state index in [0.29, 0.717) is 6.04 Å². The van der Waals surface area contributed by atoms with Crippen molar-refractivity contribution < 1.29 is 0 Å². The lowest BCUT2D eigenvalue weighted by Crippen LogP contribution is -2.41. The molecule has 1 fully saturated rings. The van der Waals surface area contributed by atoms with E-state index in [1.54, 1.807) is 0 Å². The van der Waals surface area contributed by atoms with Crippen LogP contribution in [-0.2, 0) is 0 Å². The van der Waals surface area contributed by atoms with E-state index in [4.69, 9.17) is 0 Å². The number of aromatic amines is 1. The number of piperidine rings is 1. The summed E-state index contributed by atoms with van der Waals surface area (Å²) >= 11 is 0. The molecule has 1 saturated heterocycles. The minimum atomic E-state index is 0.614. The maximum Gasteiger partial charge on any atom is 0.245 e. The van der Waals surface area contributed by atoms with Crippen LogP contribution >= 0.6 is 0 Å². The Morgan fingerprint density at radius 2 is 2.05 bits per heavy atom. The van der Waals surface area contributed by atoms with Gasteiger partial charge in [-0.2, -0.15) is 4.98 Å². The van der Waals surface area contributed by atoms with Gasteiger partial charge in [-0.15, -0.1) is 5.10 Å². The van der Waals surface area contributed by atoms with Crippen molar-refractivity contribution in [2.45, 2.75) is 25.8 Å². The van der Waals surface area contributed by atoms with Crippen LogP contribution < -0.4 is 10.2 Å². The maximum absolute atomic E-state index is 4.57. The molecule has 0 bridgehead atoms. The Morgan fingerprint density at radius 3 is 2.75 bits per heavy atom. The van der Waals surface area contributed by atoms with Gasteiger partial charge in [-0.3, -0.25) is 5.10 Å². The van der Waals surface area contributed by atoms with Gasteiger partial charge < -0.3 is 10.2 Å². The lowest BCUT2D eigenvalue weighted by atomic mass is 10.1. The van der Waals surface area contributed by atoms with E-state index in [1.807, 2.05) is 32.2 Å². The number of aromatic nitrogens is 4. The van der Waals surface area contributed by atoms with Gasteiger partial charge in [-0.05, 0) is 38.9 Å². The molecule has 0 amide bonds. The van der Waals surface area contributed by atoms with Crippen molar-refractivity contribution in [3.63, 3.8) is 0 Å². The molecule has 2 aromatic rings. The maximum atomic E-state index is 4.57. The third-order valence-corrected chi connectivity index (χ3v) is 3.79. The first-order valence-corrected chi connectivity index (χ1v) is 7.05. The van der Waals surface area contributed by atoms with Crippen LogP contribution in [0.15, 0.2) is 18.2 Å². The SMILES string of the molecule is CNC1CCN(c2n[nH]c(-c3cccc(C)n3)n2)CC1. The summed E-state index contributed by atoms with van der Waals surface area (Å²) in [4.78, 5) is 11.3. The zero-order chi connectivity index (χ0) is 13.9. The molecule has 0 saturated carbocycles. The zero-order valence-corrected chi connectivity index (χ0v) is 11.9. The Hall–Kier alpha value is -1.95. The van der Waals surface area contributed by atoms with Crippen LogP contribution in [-0.4, -0.2) is 46.3 Å². The van der Waals surface area contributed by atoms with Gasteiger partial charge in [0.1, 0.15) is 5.69 Å². The van der Waals surface area contributed by atoms with E-state index in [1.165, 1.54) is 0 Å². The summed E-state index contributed by atoms with van der Waals surface area (Å²) < 4.78 is 0. The van der Waals surface area contributed by atoms with Crippen LogP contribution in [0.3, 0.4) is 0 Å². The molecule has 0 spiro atoms. The fourth-order valence-corrected chi connectivity index (χ4v) is 2.55. The van der Waals surface area contributed by atoms with Crippen LogP contribution in [0.25, 0.3) is 11.5 Å².